The van der Waals surface area contributed by atoms with Crippen molar-refractivity contribution >= 4 is 11.9 Å². The van der Waals surface area contributed by atoms with Crippen molar-refractivity contribution in [2.75, 3.05) is 0 Å². The summed E-state index contributed by atoms with van der Waals surface area (Å²) in [4.78, 5) is 23.2. The molecule has 2 atom stereocenters. The Morgan fingerprint density at radius 1 is 1.32 bits per heavy atom. The Balaban J connectivity index is 2.54. The topological polar surface area (TPSA) is 75.6 Å². The van der Waals surface area contributed by atoms with Gasteiger partial charge in [0.1, 0.15) is 12.1 Å². The van der Waals surface area contributed by atoms with Gasteiger partial charge in [-0.25, -0.2) is 4.79 Å². The molecule has 5 nitrogen and oxygen atoms in total. The molecule has 2 N–H and O–H groups in total. The number of ether oxygens (including phenoxy) is 1. The van der Waals surface area contributed by atoms with Crippen LogP contribution < -0.4 is 5.32 Å². The number of nitrogens with one attached hydrogen (secondary N) is 1. The van der Waals surface area contributed by atoms with Gasteiger partial charge in [-0.3, -0.25) is 4.79 Å². The van der Waals surface area contributed by atoms with Crippen LogP contribution in [0.2, 0.25) is 0 Å². The normalized spacial score (nSPS) is 19.4. The SMILES string of the molecule is CCC(OC1CCCC1)C(=O)NC(C(=O)O)C(C)C. The number of aliphatic carboxylic acids is 1. The third kappa shape index (κ3) is 4.82. The maximum Gasteiger partial charge on any atom is 0.326 e. The van der Waals surface area contributed by atoms with Gasteiger partial charge in [-0.15, -0.1) is 0 Å². The smallest absolute Gasteiger partial charge is 0.326 e. The summed E-state index contributed by atoms with van der Waals surface area (Å²) < 4.78 is 5.78. The molecule has 0 heterocycles. The van der Waals surface area contributed by atoms with Crippen molar-refractivity contribution in [3.8, 4) is 0 Å². The average molecular weight is 271 g/mol. The lowest BCUT2D eigenvalue weighted by molar-refractivity contribution is -0.147. The van der Waals surface area contributed by atoms with Gasteiger partial charge >= 0.3 is 5.97 Å². The van der Waals surface area contributed by atoms with Crippen LogP contribution in [-0.2, 0) is 14.3 Å². The Hall–Kier alpha value is -1.10. The van der Waals surface area contributed by atoms with Gasteiger partial charge in [0.05, 0.1) is 6.10 Å². The number of amides is 1. The quantitative estimate of drug-likeness (QED) is 0.742. The Morgan fingerprint density at radius 3 is 2.32 bits per heavy atom. The molecule has 1 amide bonds. The lowest BCUT2D eigenvalue weighted by Crippen LogP contribution is -2.49. The molecule has 0 radical (unpaired) electrons. The summed E-state index contributed by atoms with van der Waals surface area (Å²) in [6.45, 7) is 5.43. The molecule has 1 aliphatic carbocycles. The van der Waals surface area contributed by atoms with Crippen LogP contribution in [0.15, 0.2) is 0 Å². The van der Waals surface area contributed by atoms with E-state index in [0.29, 0.717) is 6.42 Å². The number of carbonyl (C=O) groups excluding carboxylic acids is 1. The van der Waals surface area contributed by atoms with Crippen LogP contribution in [0.5, 0.6) is 0 Å². The molecule has 1 saturated carbocycles. The molecule has 0 aromatic carbocycles. The molecular formula is C14H25NO4. The first-order chi connectivity index (χ1) is 8.95. The fourth-order valence-corrected chi connectivity index (χ4v) is 2.36. The van der Waals surface area contributed by atoms with Crippen molar-refractivity contribution in [2.45, 2.75) is 71.1 Å². The molecule has 1 aliphatic rings. The van der Waals surface area contributed by atoms with Crippen LogP contribution in [-0.4, -0.2) is 35.2 Å². The van der Waals surface area contributed by atoms with Crippen molar-refractivity contribution in [2.24, 2.45) is 5.92 Å². The molecule has 0 aromatic rings. The lowest BCUT2D eigenvalue weighted by Gasteiger charge is -2.24. The molecule has 2 unspecified atom stereocenters. The van der Waals surface area contributed by atoms with E-state index < -0.39 is 18.1 Å². The molecule has 0 spiro atoms. The Morgan fingerprint density at radius 2 is 1.89 bits per heavy atom. The number of carboxylic acids is 1. The molecular weight excluding hydrogens is 246 g/mol. The highest BCUT2D eigenvalue weighted by molar-refractivity contribution is 5.86. The van der Waals surface area contributed by atoms with Gasteiger partial charge in [0.25, 0.3) is 0 Å². The predicted octanol–water partition coefficient (Wildman–Crippen LogP) is 1.95. The second-order valence-electron chi connectivity index (χ2n) is 5.51. The Kier molecular flexibility index (Phi) is 6.28. The van der Waals surface area contributed by atoms with Crippen molar-refractivity contribution in [3.63, 3.8) is 0 Å². The Labute approximate surface area is 114 Å². The average Bonchev–Trinajstić information content (AvgIpc) is 2.84. The highest BCUT2D eigenvalue weighted by atomic mass is 16.5. The zero-order chi connectivity index (χ0) is 14.4. The summed E-state index contributed by atoms with van der Waals surface area (Å²) in [7, 11) is 0. The second-order valence-corrected chi connectivity index (χ2v) is 5.51. The number of hydrogen-bond acceptors (Lipinski definition) is 3. The number of hydrogen-bond donors (Lipinski definition) is 2. The van der Waals surface area contributed by atoms with Gasteiger partial charge in [-0.2, -0.15) is 0 Å². The molecule has 0 aromatic heterocycles. The summed E-state index contributed by atoms with van der Waals surface area (Å²) in [6, 6.07) is -0.853. The largest absolute Gasteiger partial charge is 0.480 e. The summed E-state index contributed by atoms with van der Waals surface area (Å²) in [5.74, 6) is -1.46. The van der Waals surface area contributed by atoms with Crippen LogP contribution in [0, 0.1) is 5.92 Å². The van der Waals surface area contributed by atoms with E-state index in [1.165, 1.54) is 0 Å². The molecule has 0 bridgehead atoms. The number of carboxylic acid groups (broad SMARTS) is 1. The number of rotatable bonds is 7. The first-order valence-corrected chi connectivity index (χ1v) is 7.14. The monoisotopic (exact) mass is 271 g/mol. The highest BCUT2D eigenvalue weighted by Gasteiger charge is 2.29. The summed E-state index contributed by atoms with van der Waals surface area (Å²) in [5.41, 5.74) is 0. The lowest BCUT2D eigenvalue weighted by atomic mass is 10.0. The van der Waals surface area contributed by atoms with Gasteiger partial charge in [0.15, 0.2) is 0 Å². The predicted molar refractivity (Wildman–Crippen MR) is 71.8 cm³/mol. The molecule has 1 fully saturated rings. The van der Waals surface area contributed by atoms with Crippen molar-refractivity contribution < 1.29 is 19.4 Å². The van der Waals surface area contributed by atoms with E-state index in [1.54, 1.807) is 13.8 Å². The van der Waals surface area contributed by atoms with Crippen molar-refractivity contribution in [1.29, 1.82) is 0 Å². The molecule has 1 rings (SSSR count). The van der Waals surface area contributed by atoms with Gasteiger partial charge < -0.3 is 15.2 Å². The second kappa shape index (κ2) is 7.48. The minimum atomic E-state index is -1.00. The van der Waals surface area contributed by atoms with Crippen LogP contribution in [0.3, 0.4) is 0 Å². The minimum absolute atomic E-state index is 0.148. The van der Waals surface area contributed by atoms with E-state index in [0.717, 1.165) is 25.7 Å². The van der Waals surface area contributed by atoms with Crippen LogP contribution in [0.4, 0.5) is 0 Å². The van der Waals surface area contributed by atoms with Crippen LogP contribution >= 0.6 is 0 Å². The summed E-state index contributed by atoms with van der Waals surface area (Å²) in [5, 5.41) is 11.7. The zero-order valence-electron chi connectivity index (χ0n) is 12.0. The van der Waals surface area contributed by atoms with Gasteiger partial charge in [0, 0.05) is 0 Å². The van der Waals surface area contributed by atoms with Gasteiger partial charge in [-0.05, 0) is 25.2 Å². The van der Waals surface area contributed by atoms with Crippen molar-refractivity contribution in [3.05, 3.63) is 0 Å². The maximum absolute atomic E-state index is 12.1. The summed E-state index contributed by atoms with van der Waals surface area (Å²) >= 11 is 0. The molecule has 0 aliphatic heterocycles. The molecule has 0 saturated heterocycles. The zero-order valence-corrected chi connectivity index (χ0v) is 12.0. The standard InChI is InChI=1S/C14H25NO4/c1-4-11(19-10-7-5-6-8-10)13(16)15-12(9(2)3)14(17)18/h9-12H,4-8H2,1-3H3,(H,15,16)(H,17,18). The number of carbonyl (C=O) groups is 2. The fraction of sp³-hybridized carbons (Fsp3) is 0.857. The van der Waals surface area contributed by atoms with E-state index >= 15 is 0 Å². The molecule has 19 heavy (non-hydrogen) atoms. The van der Waals surface area contributed by atoms with E-state index in [2.05, 4.69) is 5.32 Å². The fourth-order valence-electron chi connectivity index (χ4n) is 2.36. The van der Waals surface area contributed by atoms with Gasteiger partial charge in [0.2, 0.25) is 5.91 Å². The third-order valence-corrected chi connectivity index (χ3v) is 3.55. The Bertz CT molecular complexity index is 311. The van der Waals surface area contributed by atoms with Crippen molar-refractivity contribution in [1.82, 2.24) is 5.32 Å². The van der Waals surface area contributed by atoms with Gasteiger partial charge in [-0.1, -0.05) is 33.6 Å². The van der Waals surface area contributed by atoms with E-state index in [-0.39, 0.29) is 17.9 Å². The van der Waals surface area contributed by atoms with Crippen LogP contribution in [0.1, 0.15) is 52.9 Å². The maximum atomic E-state index is 12.1. The molecule has 5 heteroatoms. The van der Waals surface area contributed by atoms with E-state index in [1.807, 2.05) is 6.92 Å². The van der Waals surface area contributed by atoms with E-state index in [9.17, 15) is 9.59 Å². The first kappa shape index (κ1) is 16.0. The van der Waals surface area contributed by atoms with E-state index in [4.69, 9.17) is 9.84 Å². The minimum Gasteiger partial charge on any atom is -0.480 e. The van der Waals surface area contributed by atoms with Crippen LogP contribution in [0.25, 0.3) is 0 Å². The first-order valence-electron chi connectivity index (χ1n) is 7.14. The summed E-state index contributed by atoms with van der Waals surface area (Å²) in [6.07, 6.45) is 4.46. The highest BCUT2D eigenvalue weighted by Crippen LogP contribution is 2.23. The third-order valence-electron chi connectivity index (χ3n) is 3.55. The molecule has 110 valence electrons.